The number of nitrogens with one attached hydrogen (secondary N) is 1. The number of ether oxygens (including phenoxy) is 1. The van der Waals surface area contributed by atoms with E-state index in [4.69, 9.17) is 5.73 Å². The highest BCUT2D eigenvalue weighted by atomic mass is 16.5. The topological polar surface area (TPSA) is 81.4 Å². The number of rotatable bonds is 4. The summed E-state index contributed by atoms with van der Waals surface area (Å²) in [6, 6.07) is -1.49. The molecule has 5 heteroatoms. The maximum absolute atomic E-state index is 11.0. The summed E-state index contributed by atoms with van der Waals surface area (Å²) in [5.74, 6) is -0.526. The Bertz CT molecular complexity index is 209. The summed E-state index contributed by atoms with van der Waals surface area (Å²) in [4.78, 5) is 21.5. The Morgan fingerprint density at radius 3 is 2.46 bits per heavy atom. The summed E-state index contributed by atoms with van der Waals surface area (Å²) in [6.07, 6.45) is 0.329. The number of nitrogens with two attached hydrogens (primary N) is 1. The van der Waals surface area contributed by atoms with Crippen molar-refractivity contribution in [2.24, 2.45) is 5.73 Å². The molecule has 1 unspecified atom stereocenters. The van der Waals surface area contributed by atoms with Crippen LogP contribution in [0.5, 0.6) is 0 Å². The minimum absolute atomic E-state index is 0.329. The van der Waals surface area contributed by atoms with Gasteiger partial charge in [0, 0.05) is 0 Å². The Labute approximate surface area is 76.9 Å². The van der Waals surface area contributed by atoms with Gasteiger partial charge in [-0.2, -0.15) is 0 Å². The summed E-state index contributed by atoms with van der Waals surface area (Å²) in [6.45, 7) is 5.37. The van der Waals surface area contributed by atoms with E-state index in [1.165, 1.54) is 7.11 Å². The molecule has 0 aromatic carbocycles. The molecule has 1 atom stereocenters. The second-order valence-electron chi connectivity index (χ2n) is 2.75. The summed E-state index contributed by atoms with van der Waals surface area (Å²) in [5, 5.41) is 2.27. The number of amides is 2. The van der Waals surface area contributed by atoms with E-state index in [0.29, 0.717) is 6.42 Å². The molecule has 0 rings (SSSR count). The molecule has 0 radical (unpaired) electrons. The largest absolute Gasteiger partial charge is 0.467 e. The van der Waals surface area contributed by atoms with Crippen LogP contribution < -0.4 is 11.1 Å². The van der Waals surface area contributed by atoms with Crippen LogP contribution in [0, 0.1) is 0 Å². The fraction of sp³-hybridized carbons (Fsp3) is 0.500. The van der Waals surface area contributed by atoms with Gasteiger partial charge in [-0.25, -0.2) is 9.59 Å². The first-order valence-corrected chi connectivity index (χ1v) is 3.75. The molecule has 74 valence electrons. The lowest BCUT2D eigenvalue weighted by atomic mass is 10.1. The van der Waals surface area contributed by atoms with Crippen molar-refractivity contribution >= 4 is 12.0 Å². The zero-order valence-electron chi connectivity index (χ0n) is 7.79. The minimum atomic E-state index is -0.753. The maximum Gasteiger partial charge on any atom is 0.328 e. The standard InChI is InChI=1S/C8H14N2O3/c1-5(2)4-6(7(11)13-3)10-8(9)12/h6H,1,4H2,2-3H3,(H3,9,10,12). The SMILES string of the molecule is C=C(C)CC(NC(N)=O)C(=O)OC. The van der Waals surface area contributed by atoms with Crippen molar-refractivity contribution in [1.82, 2.24) is 5.32 Å². The highest BCUT2D eigenvalue weighted by Gasteiger charge is 2.19. The van der Waals surface area contributed by atoms with Gasteiger partial charge in [-0.15, -0.1) is 6.58 Å². The summed E-state index contributed by atoms with van der Waals surface area (Å²) in [7, 11) is 1.25. The number of primary amides is 1. The predicted molar refractivity (Wildman–Crippen MR) is 48.0 cm³/mol. The smallest absolute Gasteiger partial charge is 0.328 e. The van der Waals surface area contributed by atoms with Crippen molar-refractivity contribution < 1.29 is 14.3 Å². The lowest BCUT2D eigenvalue weighted by Crippen LogP contribution is -2.44. The number of carbonyl (C=O) groups excluding carboxylic acids is 2. The molecule has 0 aliphatic carbocycles. The molecule has 0 heterocycles. The van der Waals surface area contributed by atoms with Crippen molar-refractivity contribution in [3.63, 3.8) is 0 Å². The first kappa shape index (κ1) is 11.5. The normalized spacial score (nSPS) is 11.5. The van der Waals surface area contributed by atoms with Gasteiger partial charge in [-0.05, 0) is 13.3 Å². The Morgan fingerprint density at radius 2 is 2.15 bits per heavy atom. The van der Waals surface area contributed by atoms with Crippen LogP contribution in [-0.2, 0) is 9.53 Å². The molecule has 0 aromatic rings. The van der Waals surface area contributed by atoms with E-state index in [-0.39, 0.29) is 0 Å². The highest BCUT2D eigenvalue weighted by Crippen LogP contribution is 2.03. The van der Waals surface area contributed by atoms with Crippen LogP contribution in [0.15, 0.2) is 12.2 Å². The molecule has 3 N–H and O–H groups in total. The lowest BCUT2D eigenvalue weighted by Gasteiger charge is -2.14. The first-order chi connectivity index (χ1) is 5.97. The third-order valence-electron chi connectivity index (χ3n) is 1.35. The minimum Gasteiger partial charge on any atom is -0.467 e. The lowest BCUT2D eigenvalue weighted by molar-refractivity contribution is -0.142. The van der Waals surface area contributed by atoms with Crippen LogP contribution >= 0.6 is 0 Å². The second kappa shape index (κ2) is 5.18. The van der Waals surface area contributed by atoms with E-state index in [2.05, 4.69) is 16.6 Å². The average molecular weight is 186 g/mol. The van der Waals surface area contributed by atoms with Gasteiger partial charge in [0.05, 0.1) is 7.11 Å². The molecular formula is C8H14N2O3. The van der Waals surface area contributed by atoms with Crippen molar-refractivity contribution in [1.29, 1.82) is 0 Å². The average Bonchev–Trinajstić information content (AvgIpc) is 2.00. The quantitative estimate of drug-likeness (QED) is 0.484. The fourth-order valence-electron chi connectivity index (χ4n) is 0.856. The summed E-state index contributed by atoms with van der Waals surface area (Å²) in [5.41, 5.74) is 5.64. The van der Waals surface area contributed by atoms with Crippen LogP contribution in [0.2, 0.25) is 0 Å². The van der Waals surface area contributed by atoms with Gasteiger partial charge in [0.15, 0.2) is 0 Å². The van der Waals surface area contributed by atoms with E-state index in [1.807, 2.05) is 0 Å². The van der Waals surface area contributed by atoms with E-state index >= 15 is 0 Å². The number of esters is 1. The molecule has 0 bridgehead atoms. The van der Waals surface area contributed by atoms with E-state index < -0.39 is 18.0 Å². The van der Waals surface area contributed by atoms with Gasteiger partial charge in [0.2, 0.25) is 0 Å². The summed E-state index contributed by atoms with van der Waals surface area (Å²) >= 11 is 0. The monoisotopic (exact) mass is 186 g/mol. The first-order valence-electron chi connectivity index (χ1n) is 3.75. The molecule has 0 aliphatic heterocycles. The van der Waals surface area contributed by atoms with E-state index in [0.717, 1.165) is 5.57 Å². The predicted octanol–water partition coefficient (Wildman–Crippen LogP) is 0.162. The van der Waals surface area contributed by atoms with Crippen LogP contribution in [0.1, 0.15) is 13.3 Å². The van der Waals surface area contributed by atoms with Crippen LogP contribution in [0.25, 0.3) is 0 Å². The molecule has 0 aliphatic rings. The van der Waals surface area contributed by atoms with Gasteiger partial charge < -0.3 is 15.8 Å². The Balaban J connectivity index is 4.26. The molecule has 0 saturated heterocycles. The molecule has 0 spiro atoms. The maximum atomic E-state index is 11.0. The zero-order valence-corrected chi connectivity index (χ0v) is 7.79. The Kier molecular flexibility index (Phi) is 4.58. The van der Waals surface area contributed by atoms with Crippen LogP contribution in [-0.4, -0.2) is 25.2 Å². The van der Waals surface area contributed by atoms with E-state index in [1.54, 1.807) is 6.92 Å². The number of carbonyl (C=O) groups is 2. The molecule has 2 amide bonds. The highest BCUT2D eigenvalue weighted by molar-refractivity contribution is 5.82. The van der Waals surface area contributed by atoms with Gasteiger partial charge in [0.1, 0.15) is 6.04 Å². The van der Waals surface area contributed by atoms with Crippen molar-refractivity contribution in [2.45, 2.75) is 19.4 Å². The van der Waals surface area contributed by atoms with Gasteiger partial charge in [-0.1, -0.05) is 5.57 Å². The van der Waals surface area contributed by atoms with Gasteiger partial charge in [-0.3, -0.25) is 0 Å². The van der Waals surface area contributed by atoms with Gasteiger partial charge in [0.25, 0.3) is 0 Å². The van der Waals surface area contributed by atoms with Crippen LogP contribution in [0.4, 0.5) is 4.79 Å². The molecule has 5 nitrogen and oxygen atoms in total. The Hall–Kier alpha value is -1.52. The molecule has 13 heavy (non-hydrogen) atoms. The third kappa shape index (κ3) is 4.84. The number of urea groups is 1. The number of hydrogen-bond donors (Lipinski definition) is 2. The summed E-state index contributed by atoms with van der Waals surface area (Å²) < 4.78 is 4.46. The molecule has 0 aromatic heterocycles. The fourth-order valence-corrected chi connectivity index (χ4v) is 0.856. The number of hydrogen-bond acceptors (Lipinski definition) is 3. The van der Waals surface area contributed by atoms with Crippen molar-refractivity contribution in [3.05, 3.63) is 12.2 Å². The zero-order chi connectivity index (χ0) is 10.4. The van der Waals surface area contributed by atoms with Crippen molar-refractivity contribution in [3.8, 4) is 0 Å². The molecule has 0 saturated carbocycles. The third-order valence-corrected chi connectivity index (χ3v) is 1.35. The van der Waals surface area contributed by atoms with Crippen molar-refractivity contribution in [2.75, 3.05) is 7.11 Å². The second-order valence-corrected chi connectivity index (χ2v) is 2.75. The van der Waals surface area contributed by atoms with E-state index in [9.17, 15) is 9.59 Å². The van der Waals surface area contributed by atoms with Crippen LogP contribution in [0.3, 0.4) is 0 Å². The Morgan fingerprint density at radius 1 is 1.62 bits per heavy atom. The number of methoxy groups -OCH3 is 1. The van der Waals surface area contributed by atoms with Gasteiger partial charge >= 0.3 is 12.0 Å². The molecule has 0 fully saturated rings. The molecular weight excluding hydrogens is 172 g/mol.